The molecule has 8 rings (SSSR count). The Bertz CT molecular complexity index is 2540. The largest absolute Gasteiger partial charge is 0.295 e. The SMILES string of the molecule is Cc1cc(C)c(C(c2ccc(N(c3cccc(-c4ccccc4-c4ccccc4)c3)c3ccnc(-c4ccccc4)n3)cc2)c2c(C)cc(C)cc2C)c(C)c1. The standard InChI is InChI=1S/C53H47N3/c1-35-30-37(3)50(38(4)31-35)52(51-39(5)32-36(2)33-40(51)6)42-24-26-45(27-25-42)56(49-28-29-54-53(55-49)43-18-11-8-12-19-43)46-21-15-20-44(34-46)48-23-14-13-22-47(48)41-16-9-7-10-17-41/h7-34,52H,1-6H3. The van der Waals surface area contributed by atoms with Gasteiger partial charge in [-0.05, 0) is 133 Å². The van der Waals surface area contributed by atoms with E-state index < -0.39 is 0 Å². The van der Waals surface area contributed by atoms with Crippen molar-refractivity contribution in [3.8, 4) is 33.6 Å². The van der Waals surface area contributed by atoms with E-state index in [0.717, 1.165) is 28.3 Å². The highest BCUT2D eigenvalue weighted by Crippen LogP contribution is 2.43. The Morgan fingerprint density at radius 2 is 0.929 bits per heavy atom. The van der Waals surface area contributed by atoms with E-state index in [4.69, 9.17) is 9.97 Å². The summed E-state index contributed by atoms with van der Waals surface area (Å²) in [6.45, 7) is 13.4. The Morgan fingerprint density at radius 3 is 1.50 bits per heavy atom. The van der Waals surface area contributed by atoms with Crippen molar-refractivity contribution in [1.82, 2.24) is 9.97 Å². The van der Waals surface area contributed by atoms with Crippen molar-refractivity contribution in [2.45, 2.75) is 47.5 Å². The van der Waals surface area contributed by atoms with E-state index in [2.05, 4.69) is 186 Å². The lowest BCUT2D eigenvalue weighted by Gasteiger charge is -2.29. The molecule has 0 radical (unpaired) electrons. The van der Waals surface area contributed by atoms with E-state index in [1.807, 2.05) is 30.5 Å². The summed E-state index contributed by atoms with van der Waals surface area (Å²) in [6.07, 6.45) is 1.86. The lowest BCUT2D eigenvalue weighted by Crippen LogP contribution is -2.14. The van der Waals surface area contributed by atoms with E-state index in [1.54, 1.807) is 0 Å². The predicted octanol–water partition coefficient (Wildman–Crippen LogP) is 14.0. The van der Waals surface area contributed by atoms with Gasteiger partial charge in [-0.15, -0.1) is 0 Å². The molecule has 0 fully saturated rings. The Hall–Kier alpha value is -6.58. The average molecular weight is 726 g/mol. The number of anilines is 3. The zero-order chi connectivity index (χ0) is 38.8. The summed E-state index contributed by atoms with van der Waals surface area (Å²) in [4.78, 5) is 12.2. The van der Waals surface area contributed by atoms with Gasteiger partial charge in [0.25, 0.3) is 0 Å². The maximum absolute atomic E-state index is 5.19. The van der Waals surface area contributed by atoms with Crippen LogP contribution >= 0.6 is 0 Å². The van der Waals surface area contributed by atoms with E-state index in [-0.39, 0.29) is 5.92 Å². The van der Waals surface area contributed by atoms with Crippen molar-refractivity contribution < 1.29 is 0 Å². The van der Waals surface area contributed by atoms with E-state index in [0.29, 0.717) is 5.82 Å². The topological polar surface area (TPSA) is 29.0 Å². The lowest BCUT2D eigenvalue weighted by atomic mass is 9.77. The van der Waals surface area contributed by atoms with Crippen LogP contribution in [0.3, 0.4) is 0 Å². The second kappa shape index (κ2) is 15.6. The second-order valence-corrected chi connectivity index (χ2v) is 15.1. The summed E-state index contributed by atoms with van der Waals surface area (Å²) in [7, 11) is 0. The third-order valence-corrected chi connectivity index (χ3v) is 10.9. The molecule has 0 saturated carbocycles. The lowest BCUT2D eigenvalue weighted by molar-refractivity contribution is 0.919. The molecule has 0 saturated heterocycles. The van der Waals surface area contributed by atoms with E-state index in [1.165, 1.54) is 66.8 Å². The smallest absolute Gasteiger partial charge is 0.161 e. The van der Waals surface area contributed by atoms with Gasteiger partial charge in [-0.2, -0.15) is 0 Å². The molecule has 0 aliphatic heterocycles. The first kappa shape index (κ1) is 36.4. The number of hydrogen-bond donors (Lipinski definition) is 0. The van der Waals surface area contributed by atoms with Gasteiger partial charge >= 0.3 is 0 Å². The maximum atomic E-state index is 5.19. The third kappa shape index (κ3) is 7.29. The molecule has 0 unspecified atom stereocenters. The minimum Gasteiger partial charge on any atom is -0.295 e. The van der Waals surface area contributed by atoms with Gasteiger partial charge in [0.15, 0.2) is 5.82 Å². The van der Waals surface area contributed by atoms with Gasteiger partial charge in [0.2, 0.25) is 0 Å². The molecule has 0 aliphatic carbocycles. The van der Waals surface area contributed by atoms with Gasteiger partial charge in [-0.1, -0.05) is 145 Å². The van der Waals surface area contributed by atoms with Crippen molar-refractivity contribution in [3.05, 3.63) is 220 Å². The fourth-order valence-electron chi connectivity index (χ4n) is 8.62. The van der Waals surface area contributed by atoms with Crippen molar-refractivity contribution in [2.24, 2.45) is 0 Å². The Morgan fingerprint density at radius 1 is 0.429 bits per heavy atom. The van der Waals surface area contributed by atoms with Crippen LogP contribution in [0.5, 0.6) is 0 Å². The maximum Gasteiger partial charge on any atom is 0.161 e. The quantitative estimate of drug-likeness (QED) is 0.139. The zero-order valence-corrected chi connectivity index (χ0v) is 33.1. The normalized spacial score (nSPS) is 11.2. The van der Waals surface area contributed by atoms with Crippen LogP contribution in [0.25, 0.3) is 33.6 Å². The molecular weight excluding hydrogens is 679 g/mol. The summed E-state index contributed by atoms with van der Waals surface area (Å²) >= 11 is 0. The molecule has 0 amide bonds. The summed E-state index contributed by atoms with van der Waals surface area (Å²) in [5.41, 5.74) is 19.6. The van der Waals surface area contributed by atoms with E-state index >= 15 is 0 Å². The van der Waals surface area contributed by atoms with Crippen molar-refractivity contribution in [2.75, 3.05) is 4.90 Å². The fraction of sp³-hybridized carbons (Fsp3) is 0.132. The molecule has 56 heavy (non-hydrogen) atoms. The highest BCUT2D eigenvalue weighted by molar-refractivity contribution is 5.86. The number of nitrogens with zero attached hydrogens (tertiary/aromatic N) is 3. The van der Waals surface area contributed by atoms with Crippen LogP contribution in [-0.2, 0) is 0 Å². The zero-order valence-electron chi connectivity index (χ0n) is 33.1. The molecule has 0 spiro atoms. The third-order valence-electron chi connectivity index (χ3n) is 10.9. The van der Waals surface area contributed by atoms with Crippen molar-refractivity contribution in [1.29, 1.82) is 0 Å². The van der Waals surface area contributed by atoms with Crippen molar-refractivity contribution >= 4 is 17.2 Å². The monoisotopic (exact) mass is 725 g/mol. The predicted molar refractivity (Wildman–Crippen MR) is 235 cm³/mol. The van der Waals surface area contributed by atoms with Gasteiger partial charge in [-0.3, -0.25) is 4.90 Å². The first-order valence-corrected chi connectivity index (χ1v) is 19.4. The van der Waals surface area contributed by atoms with Crippen LogP contribution in [0.2, 0.25) is 0 Å². The molecular formula is C53H47N3. The molecule has 7 aromatic carbocycles. The average Bonchev–Trinajstić information content (AvgIpc) is 3.21. The molecule has 1 aromatic heterocycles. The van der Waals surface area contributed by atoms with Gasteiger partial charge in [-0.25, -0.2) is 9.97 Å². The van der Waals surface area contributed by atoms with Gasteiger partial charge in [0.05, 0.1) is 0 Å². The highest BCUT2D eigenvalue weighted by Gasteiger charge is 2.25. The summed E-state index contributed by atoms with van der Waals surface area (Å²) in [5, 5.41) is 0. The second-order valence-electron chi connectivity index (χ2n) is 15.1. The molecule has 3 nitrogen and oxygen atoms in total. The highest BCUT2D eigenvalue weighted by atomic mass is 15.2. The molecule has 1 heterocycles. The first-order valence-electron chi connectivity index (χ1n) is 19.4. The first-order chi connectivity index (χ1) is 27.2. The van der Waals surface area contributed by atoms with Crippen molar-refractivity contribution in [3.63, 3.8) is 0 Å². The molecule has 0 N–H and O–H groups in total. The summed E-state index contributed by atoms with van der Waals surface area (Å²) in [5.74, 6) is 1.57. The Labute approximate surface area is 332 Å². The van der Waals surface area contributed by atoms with Crippen LogP contribution in [-0.4, -0.2) is 9.97 Å². The number of rotatable bonds is 9. The summed E-state index contributed by atoms with van der Waals surface area (Å²) in [6, 6.07) is 58.7. The van der Waals surface area contributed by atoms with Gasteiger partial charge in [0, 0.05) is 29.1 Å². The Balaban J connectivity index is 1.29. The Kier molecular flexibility index (Phi) is 10.2. The molecule has 274 valence electrons. The molecule has 8 aromatic rings. The van der Waals surface area contributed by atoms with Gasteiger partial charge < -0.3 is 0 Å². The van der Waals surface area contributed by atoms with Crippen LogP contribution in [0.1, 0.15) is 56.0 Å². The molecule has 0 bridgehead atoms. The number of aryl methyl sites for hydroxylation is 6. The summed E-state index contributed by atoms with van der Waals surface area (Å²) < 4.78 is 0. The van der Waals surface area contributed by atoms with Crippen LogP contribution in [0.4, 0.5) is 17.2 Å². The van der Waals surface area contributed by atoms with Gasteiger partial charge in [0.1, 0.15) is 5.82 Å². The number of aromatic nitrogens is 2. The molecule has 0 atom stereocenters. The van der Waals surface area contributed by atoms with Crippen LogP contribution in [0.15, 0.2) is 170 Å². The van der Waals surface area contributed by atoms with Crippen LogP contribution in [0, 0.1) is 41.5 Å². The minimum absolute atomic E-state index is 0.0836. The number of hydrogen-bond acceptors (Lipinski definition) is 3. The minimum atomic E-state index is 0.0836. The number of benzene rings is 7. The fourth-order valence-corrected chi connectivity index (χ4v) is 8.62. The molecule has 3 heteroatoms. The van der Waals surface area contributed by atoms with Crippen LogP contribution < -0.4 is 4.90 Å². The van der Waals surface area contributed by atoms with E-state index in [9.17, 15) is 0 Å². The molecule has 0 aliphatic rings.